The van der Waals surface area contributed by atoms with Crippen LogP contribution in [0.2, 0.25) is 0 Å². The molecule has 1 N–H and O–H groups in total. The van der Waals surface area contributed by atoms with E-state index in [1.54, 1.807) is 11.3 Å². The van der Waals surface area contributed by atoms with E-state index in [1.165, 1.54) is 0 Å². The number of nitrogens with zero attached hydrogens (tertiary/aromatic N) is 3. The second kappa shape index (κ2) is 6.24. The number of amides is 1. The lowest BCUT2D eigenvalue weighted by atomic mass is 9.91. The fourth-order valence-corrected chi connectivity index (χ4v) is 4.32. The summed E-state index contributed by atoms with van der Waals surface area (Å²) >= 11 is 1.63. The summed E-state index contributed by atoms with van der Waals surface area (Å²) in [4.78, 5) is 32.8. The van der Waals surface area contributed by atoms with Crippen LogP contribution in [0.4, 0.5) is 5.13 Å². The van der Waals surface area contributed by atoms with Crippen LogP contribution in [0.15, 0.2) is 0 Å². The lowest BCUT2D eigenvalue weighted by Gasteiger charge is -2.34. The number of carboxylic acids is 1. The van der Waals surface area contributed by atoms with Crippen LogP contribution in [0.1, 0.15) is 30.3 Å². The fraction of sp³-hybridized carbons (Fsp3) is 0.667. The van der Waals surface area contributed by atoms with Crippen LogP contribution in [0, 0.1) is 5.92 Å². The Bertz CT molecular complexity index is 579. The van der Waals surface area contributed by atoms with Crippen molar-refractivity contribution in [1.82, 2.24) is 9.88 Å². The van der Waals surface area contributed by atoms with E-state index in [2.05, 4.69) is 4.90 Å². The molecular formula is C15H21N3O3S. The zero-order chi connectivity index (χ0) is 15.7. The van der Waals surface area contributed by atoms with Crippen LogP contribution in [0.3, 0.4) is 0 Å². The van der Waals surface area contributed by atoms with Gasteiger partial charge < -0.3 is 14.9 Å². The van der Waals surface area contributed by atoms with Crippen LogP contribution in [-0.4, -0.2) is 53.0 Å². The molecule has 1 aliphatic heterocycles. The predicted octanol–water partition coefficient (Wildman–Crippen LogP) is 1.39. The molecule has 2 aliphatic rings. The van der Waals surface area contributed by atoms with Gasteiger partial charge in [0.1, 0.15) is 0 Å². The van der Waals surface area contributed by atoms with Crippen molar-refractivity contribution in [3.8, 4) is 0 Å². The standard InChI is InChI=1S/C15H21N3O3S/c1-2-13(19)17-5-7-18(8-6-17)15-16-11-4-3-10(14(20)21)9-12(11)22-15/h10H,2-9H2,1H3,(H,20,21). The summed E-state index contributed by atoms with van der Waals surface area (Å²) in [5.41, 5.74) is 1.07. The van der Waals surface area contributed by atoms with Gasteiger partial charge in [0.05, 0.1) is 11.6 Å². The molecule has 0 bridgehead atoms. The number of carbonyl (C=O) groups excluding carboxylic acids is 1. The topological polar surface area (TPSA) is 73.7 Å². The Kier molecular flexibility index (Phi) is 4.33. The lowest BCUT2D eigenvalue weighted by molar-refractivity contribution is -0.142. The average Bonchev–Trinajstić information content (AvgIpc) is 2.97. The third-order valence-electron chi connectivity index (χ3n) is 4.48. The second-order valence-electron chi connectivity index (χ2n) is 5.87. The minimum absolute atomic E-state index is 0.211. The van der Waals surface area contributed by atoms with Gasteiger partial charge in [-0.2, -0.15) is 0 Å². The Labute approximate surface area is 133 Å². The molecule has 1 saturated heterocycles. The monoisotopic (exact) mass is 323 g/mol. The van der Waals surface area contributed by atoms with E-state index in [1.807, 2.05) is 11.8 Å². The second-order valence-corrected chi connectivity index (χ2v) is 6.93. The highest BCUT2D eigenvalue weighted by atomic mass is 32.1. The molecule has 1 amide bonds. The molecule has 1 aromatic heterocycles. The highest BCUT2D eigenvalue weighted by Gasteiger charge is 2.29. The first-order valence-electron chi connectivity index (χ1n) is 7.82. The zero-order valence-corrected chi connectivity index (χ0v) is 13.6. The minimum Gasteiger partial charge on any atom is -0.481 e. The van der Waals surface area contributed by atoms with Crippen LogP contribution in [0.25, 0.3) is 0 Å². The number of carbonyl (C=O) groups is 2. The van der Waals surface area contributed by atoms with E-state index in [-0.39, 0.29) is 11.8 Å². The highest BCUT2D eigenvalue weighted by molar-refractivity contribution is 7.15. The van der Waals surface area contributed by atoms with Gasteiger partial charge in [-0.25, -0.2) is 4.98 Å². The quantitative estimate of drug-likeness (QED) is 0.910. The van der Waals surface area contributed by atoms with E-state index >= 15 is 0 Å². The molecule has 0 aromatic carbocycles. The maximum Gasteiger partial charge on any atom is 0.306 e. The van der Waals surface area contributed by atoms with Gasteiger partial charge in [0.2, 0.25) is 5.91 Å². The number of hydrogen-bond acceptors (Lipinski definition) is 5. The molecule has 0 saturated carbocycles. The molecule has 120 valence electrons. The summed E-state index contributed by atoms with van der Waals surface area (Å²) in [6.07, 6.45) is 2.61. The van der Waals surface area contributed by atoms with Crippen molar-refractivity contribution in [3.63, 3.8) is 0 Å². The van der Waals surface area contributed by atoms with E-state index in [0.717, 1.165) is 48.3 Å². The Morgan fingerprint density at radius 2 is 2.05 bits per heavy atom. The summed E-state index contributed by atoms with van der Waals surface area (Å²) in [6, 6.07) is 0. The summed E-state index contributed by atoms with van der Waals surface area (Å²) in [7, 11) is 0. The van der Waals surface area contributed by atoms with Gasteiger partial charge >= 0.3 is 5.97 Å². The average molecular weight is 323 g/mol. The summed E-state index contributed by atoms with van der Waals surface area (Å²) in [5.74, 6) is -0.755. The van der Waals surface area contributed by atoms with Gasteiger partial charge in [-0.05, 0) is 19.3 Å². The molecule has 1 fully saturated rings. The number of rotatable bonds is 3. The molecule has 1 aromatic rings. The molecule has 1 aliphatic carbocycles. The molecular weight excluding hydrogens is 302 g/mol. The maximum absolute atomic E-state index is 11.7. The molecule has 22 heavy (non-hydrogen) atoms. The largest absolute Gasteiger partial charge is 0.481 e. The van der Waals surface area contributed by atoms with Gasteiger partial charge in [0.15, 0.2) is 5.13 Å². The molecule has 7 heteroatoms. The van der Waals surface area contributed by atoms with Gasteiger partial charge in [0, 0.05) is 37.5 Å². The molecule has 2 heterocycles. The predicted molar refractivity (Wildman–Crippen MR) is 84.3 cm³/mol. The summed E-state index contributed by atoms with van der Waals surface area (Å²) < 4.78 is 0. The first-order valence-corrected chi connectivity index (χ1v) is 8.64. The fourth-order valence-electron chi connectivity index (χ4n) is 3.08. The maximum atomic E-state index is 11.7. The van der Waals surface area contributed by atoms with E-state index in [4.69, 9.17) is 10.1 Å². The van der Waals surface area contributed by atoms with E-state index < -0.39 is 5.97 Å². The first-order chi connectivity index (χ1) is 10.6. The molecule has 1 unspecified atom stereocenters. The van der Waals surface area contributed by atoms with Crippen LogP contribution >= 0.6 is 11.3 Å². The minimum atomic E-state index is -0.702. The molecule has 0 spiro atoms. The number of carboxylic acid groups (broad SMARTS) is 1. The first kappa shape index (κ1) is 15.3. The van der Waals surface area contributed by atoms with Gasteiger partial charge in [-0.15, -0.1) is 11.3 Å². The van der Waals surface area contributed by atoms with Crippen molar-refractivity contribution >= 4 is 28.3 Å². The van der Waals surface area contributed by atoms with Crippen molar-refractivity contribution in [2.24, 2.45) is 5.92 Å². The number of aryl methyl sites for hydroxylation is 1. The van der Waals surface area contributed by atoms with Crippen molar-refractivity contribution in [2.45, 2.75) is 32.6 Å². The van der Waals surface area contributed by atoms with Gasteiger partial charge in [-0.1, -0.05) is 6.92 Å². The number of fused-ring (bicyclic) bond motifs is 1. The Morgan fingerprint density at radius 1 is 1.32 bits per heavy atom. The summed E-state index contributed by atoms with van der Waals surface area (Å²) in [5, 5.41) is 10.1. The third-order valence-corrected chi connectivity index (χ3v) is 5.66. The SMILES string of the molecule is CCC(=O)N1CCN(c2nc3c(s2)CC(C(=O)O)CC3)CC1. The Morgan fingerprint density at radius 3 is 2.68 bits per heavy atom. The van der Waals surface area contributed by atoms with Gasteiger partial charge in [-0.3, -0.25) is 9.59 Å². The number of thiazole rings is 1. The Balaban J connectivity index is 1.65. The normalized spacial score (nSPS) is 21.6. The number of piperazine rings is 1. The zero-order valence-electron chi connectivity index (χ0n) is 12.7. The smallest absolute Gasteiger partial charge is 0.306 e. The van der Waals surface area contributed by atoms with Crippen molar-refractivity contribution in [3.05, 3.63) is 10.6 Å². The van der Waals surface area contributed by atoms with Crippen molar-refractivity contribution < 1.29 is 14.7 Å². The van der Waals surface area contributed by atoms with Crippen LogP contribution in [-0.2, 0) is 22.4 Å². The molecule has 3 rings (SSSR count). The Hall–Kier alpha value is -1.63. The highest BCUT2D eigenvalue weighted by Crippen LogP contribution is 2.34. The number of aliphatic carboxylic acids is 1. The number of anilines is 1. The van der Waals surface area contributed by atoms with Gasteiger partial charge in [0.25, 0.3) is 0 Å². The third kappa shape index (κ3) is 2.95. The molecule has 6 nitrogen and oxygen atoms in total. The van der Waals surface area contributed by atoms with Crippen LogP contribution < -0.4 is 4.90 Å². The van der Waals surface area contributed by atoms with E-state index in [9.17, 15) is 9.59 Å². The molecule has 0 radical (unpaired) electrons. The molecule has 1 atom stereocenters. The number of hydrogen-bond donors (Lipinski definition) is 1. The summed E-state index contributed by atoms with van der Waals surface area (Å²) in [6.45, 7) is 4.99. The van der Waals surface area contributed by atoms with Crippen molar-refractivity contribution in [2.75, 3.05) is 31.1 Å². The van der Waals surface area contributed by atoms with Crippen LogP contribution in [0.5, 0.6) is 0 Å². The van der Waals surface area contributed by atoms with E-state index in [0.29, 0.717) is 19.3 Å². The lowest BCUT2D eigenvalue weighted by Crippen LogP contribution is -2.48. The van der Waals surface area contributed by atoms with Crippen molar-refractivity contribution in [1.29, 1.82) is 0 Å². The number of aromatic nitrogens is 1.